The first kappa shape index (κ1) is 26.0. The van der Waals surface area contributed by atoms with Gasteiger partial charge in [-0.15, -0.1) is 11.3 Å². The van der Waals surface area contributed by atoms with Gasteiger partial charge in [-0.1, -0.05) is 43.3 Å². The highest BCUT2D eigenvalue weighted by Gasteiger charge is 2.53. The Kier molecular flexibility index (Phi) is 8.19. The highest BCUT2D eigenvalue weighted by atomic mass is 32.1. The number of benzene rings is 2. The first-order valence-electron chi connectivity index (χ1n) is 12.6. The van der Waals surface area contributed by atoms with Crippen LogP contribution in [0.1, 0.15) is 70.2 Å². The number of aromatic nitrogens is 1. The summed E-state index contributed by atoms with van der Waals surface area (Å²) < 4.78 is 18.4. The maximum atomic E-state index is 14.0. The van der Waals surface area contributed by atoms with E-state index < -0.39 is 11.4 Å². The number of nitrogens with zero attached hydrogens (tertiary/aromatic N) is 2. The lowest BCUT2D eigenvalue weighted by atomic mass is 9.93. The van der Waals surface area contributed by atoms with Gasteiger partial charge in [-0.05, 0) is 74.8 Å². The minimum absolute atomic E-state index is 0.108. The van der Waals surface area contributed by atoms with Gasteiger partial charge in [-0.3, -0.25) is 4.79 Å². The summed E-state index contributed by atoms with van der Waals surface area (Å²) in [5, 5.41) is 0.725. The fraction of sp³-hybridized carbons (Fsp3) is 0.414. The number of amides is 1. The lowest BCUT2D eigenvalue weighted by Crippen LogP contribution is -2.39. The van der Waals surface area contributed by atoms with E-state index in [1.165, 1.54) is 29.0 Å². The maximum absolute atomic E-state index is 14.0. The first-order chi connectivity index (χ1) is 17.4. The SMILES string of the molecule is CCOC(=O)c1nc(CN(CCCc2ccc(F)cc2)C(=O)C2(c3ccc(CC)cc3)CC2)sc1C. The number of thiazole rings is 1. The minimum Gasteiger partial charge on any atom is -0.461 e. The zero-order valence-corrected chi connectivity index (χ0v) is 22.0. The number of aryl methyl sites for hydroxylation is 3. The molecule has 7 heteroatoms. The van der Waals surface area contributed by atoms with E-state index >= 15 is 0 Å². The van der Waals surface area contributed by atoms with Crippen LogP contribution in [0.2, 0.25) is 0 Å². The molecule has 0 unspecified atom stereocenters. The zero-order chi connectivity index (χ0) is 25.7. The summed E-state index contributed by atoms with van der Waals surface area (Å²) >= 11 is 1.43. The van der Waals surface area contributed by atoms with Crippen LogP contribution in [-0.2, 0) is 34.3 Å². The summed E-state index contributed by atoms with van der Waals surface area (Å²) in [5.41, 5.74) is 3.19. The largest absolute Gasteiger partial charge is 0.461 e. The fourth-order valence-corrected chi connectivity index (χ4v) is 5.50. The van der Waals surface area contributed by atoms with Crippen LogP contribution in [0.3, 0.4) is 0 Å². The van der Waals surface area contributed by atoms with E-state index in [4.69, 9.17) is 4.74 Å². The third kappa shape index (κ3) is 5.84. The smallest absolute Gasteiger partial charge is 0.358 e. The van der Waals surface area contributed by atoms with Crippen molar-refractivity contribution in [1.29, 1.82) is 0 Å². The van der Waals surface area contributed by atoms with Crippen LogP contribution in [0, 0.1) is 12.7 Å². The molecule has 0 N–H and O–H groups in total. The molecule has 5 nitrogen and oxygen atoms in total. The Bertz CT molecular complexity index is 1200. The van der Waals surface area contributed by atoms with Crippen molar-refractivity contribution in [2.24, 2.45) is 0 Å². The van der Waals surface area contributed by atoms with E-state index in [0.717, 1.165) is 53.1 Å². The summed E-state index contributed by atoms with van der Waals surface area (Å²) in [5.74, 6) is -0.574. The second-order valence-corrected chi connectivity index (χ2v) is 10.6. The van der Waals surface area contributed by atoms with E-state index in [1.54, 1.807) is 19.1 Å². The summed E-state index contributed by atoms with van der Waals surface area (Å²) in [7, 11) is 0. The molecule has 36 heavy (non-hydrogen) atoms. The summed E-state index contributed by atoms with van der Waals surface area (Å²) in [6, 6.07) is 14.9. The fourth-order valence-electron chi connectivity index (χ4n) is 4.56. The molecular weight excluding hydrogens is 475 g/mol. The van der Waals surface area contributed by atoms with Gasteiger partial charge in [0.2, 0.25) is 5.91 Å². The van der Waals surface area contributed by atoms with Gasteiger partial charge in [0.1, 0.15) is 10.8 Å². The summed E-state index contributed by atoms with van der Waals surface area (Å²) in [6.07, 6.45) is 4.11. The van der Waals surface area contributed by atoms with Gasteiger partial charge in [-0.25, -0.2) is 14.2 Å². The predicted molar refractivity (Wildman–Crippen MR) is 140 cm³/mol. The molecule has 2 aromatic carbocycles. The van der Waals surface area contributed by atoms with Crippen LogP contribution < -0.4 is 0 Å². The number of carbonyl (C=O) groups is 2. The van der Waals surface area contributed by atoms with Gasteiger partial charge in [-0.2, -0.15) is 0 Å². The molecule has 0 saturated heterocycles. The summed E-state index contributed by atoms with van der Waals surface area (Å²) in [4.78, 5) is 33.4. The molecule has 1 aromatic heterocycles. The quantitative estimate of drug-likeness (QED) is 0.297. The number of carbonyl (C=O) groups excluding carboxylic acids is 2. The summed E-state index contributed by atoms with van der Waals surface area (Å²) in [6.45, 7) is 6.94. The van der Waals surface area contributed by atoms with Gasteiger partial charge in [0, 0.05) is 11.4 Å². The molecule has 0 atom stereocenters. The third-order valence-electron chi connectivity index (χ3n) is 6.80. The molecule has 1 amide bonds. The molecule has 3 aromatic rings. The van der Waals surface area contributed by atoms with Crippen LogP contribution in [0.4, 0.5) is 4.39 Å². The van der Waals surface area contributed by atoms with E-state index in [-0.39, 0.29) is 11.7 Å². The van der Waals surface area contributed by atoms with E-state index in [2.05, 4.69) is 36.2 Å². The number of rotatable bonds is 11. The van der Waals surface area contributed by atoms with Crippen LogP contribution in [0.25, 0.3) is 0 Å². The molecule has 4 rings (SSSR count). The van der Waals surface area contributed by atoms with Crippen molar-refractivity contribution < 1.29 is 18.7 Å². The van der Waals surface area contributed by atoms with Gasteiger partial charge in [0.05, 0.1) is 18.6 Å². The second kappa shape index (κ2) is 11.3. The zero-order valence-electron chi connectivity index (χ0n) is 21.2. The van der Waals surface area contributed by atoms with Crippen molar-refractivity contribution >= 4 is 23.2 Å². The highest BCUT2D eigenvalue weighted by Crippen LogP contribution is 2.50. The average molecular weight is 509 g/mol. The van der Waals surface area contributed by atoms with Crippen molar-refractivity contribution in [3.8, 4) is 0 Å². The lowest BCUT2D eigenvalue weighted by Gasteiger charge is -2.27. The Morgan fingerprint density at radius 2 is 1.72 bits per heavy atom. The first-order valence-corrected chi connectivity index (χ1v) is 13.4. The predicted octanol–water partition coefficient (Wildman–Crippen LogP) is 6.02. The molecule has 190 valence electrons. The average Bonchev–Trinajstić information content (AvgIpc) is 3.61. The van der Waals surface area contributed by atoms with Crippen LogP contribution in [-0.4, -0.2) is 34.9 Å². The maximum Gasteiger partial charge on any atom is 0.358 e. The topological polar surface area (TPSA) is 59.5 Å². The van der Waals surface area contributed by atoms with E-state index in [9.17, 15) is 14.0 Å². The van der Waals surface area contributed by atoms with Gasteiger partial charge < -0.3 is 9.64 Å². The standard InChI is InChI=1S/C29H33FN2O3S/c1-4-21-8-12-23(13-9-21)29(16-17-29)28(34)32(18-6-7-22-10-14-24(30)15-11-22)19-25-31-26(20(3)36-25)27(33)35-5-2/h8-15H,4-7,16-19H2,1-3H3. The molecule has 1 heterocycles. The number of ether oxygens (including phenoxy) is 1. The number of esters is 1. The Morgan fingerprint density at radius 3 is 2.33 bits per heavy atom. The number of hydrogen-bond donors (Lipinski definition) is 0. The molecule has 0 spiro atoms. The van der Waals surface area contributed by atoms with Gasteiger partial charge in [0.25, 0.3) is 0 Å². The van der Waals surface area contributed by atoms with Gasteiger partial charge in [0.15, 0.2) is 5.69 Å². The molecule has 1 aliphatic carbocycles. The number of hydrogen-bond acceptors (Lipinski definition) is 5. The van der Waals surface area contributed by atoms with E-state index in [1.807, 2.05) is 11.8 Å². The molecular formula is C29H33FN2O3S. The second-order valence-electron chi connectivity index (χ2n) is 9.32. The minimum atomic E-state index is -0.488. The molecule has 0 bridgehead atoms. The Morgan fingerprint density at radius 1 is 1.06 bits per heavy atom. The molecule has 0 radical (unpaired) electrons. The van der Waals surface area contributed by atoms with Crippen LogP contribution >= 0.6 is 11.3 Å². The molecule has 0 aliphatic heterocycles. The van der Waals surface area contributed by atoms with Crippen molar-refractivity contribution in [3.05, 3.63) is 86.6 Å². The monoisotopic (exact) mass is 508 g/mol. The van der Waals surface area contributed by atoms with Crippen molar-refractivity contribution in [2.45, 2.75) is 64.8 Å². The Labute approximate surface area is 216 Å². The van der Waals surface area contributed by atoms with Crippen LogP contribution in [0.5, 0.6) is 0 Å². The van der Waals surface area contributed by atoms with Crippen molar-refractivity contribution in [1.82, 2.24) is 9.88 Å². The van der Waals surface area contributed by atoms with Gasteiger partial charge >= 0.3 is 5.97 Å². The van der Waals surface area contributed by atoms with Crippen LogP contribution in [0.15, 0.2) is 48.5 Å². The third-order valence-corrected chi connectivity index (χ3v) is 7.76. The molecule has 1 fully saturated rings. The molecule has 1 saturated carbocycles. The molecule has 1 aliphatic rings. The van der Waals surface area contributed by atoms with Crippen molar-refractivity contribution in [2.75, 3.05) is 13.2 Å². The lowest BCUT2D eigenvalue weighted by molar-refractivity contribution is -0.134. The highest BCUT2D eigenvalue weighted by molar-refractivity contribution is 7.11. The van der Waals surface area contributed by atoms with E-state index in [0.29, 0.717) is 25.4 Å². The Balaban J connectivity index is 1.54. The normalized spacial score (nSPS) is 13.9. The van der Waals surface area contributed by atoms with Crippen molar-refractivity contribution in [3.63, 3.8) is 0 Å². The number of halogens is 1. The Hall–Kier alpha value is -3.06.